The summed E-state index contributed by atoms with van der Waals surface area (Å²) in [6.07, 6.45) is 0. The first-order valence-electron chi connectivity index (χ1n) is 9.73. The molecule has 0 atom stereocenters. The maximum Gasteiger partial charge on any atom is 0.371 e. The van der Waals surface area contributed by atoms with Gasteiger partial charge in [0.25, 0.3) is 5.56 Å². The fourth-order valence-electron chi connectivity index (χ4n) is 3.80. The van der Waals surface area contributed by atoms with Gasteiger partial charge >= 0.3 is 11.9 Å². The van der Waals surface area contributed by atoms with Crippen LogP contribution in [-0.2, 0) is 0 Å². The van der Waals surface area contributed by atoms with Crippen molar-refractivity contribution in [2.75, 3.05) is 7.11 Å². The first kappa shape index (κ1) is 21.3. The van der Waals surface area contributed by atoms with E-state index in [9.17, 15) is 24.6 Å². The number of carboxylic acids is 2. The Balaban J connectivity index is 1.81. The molecule has 5 rings (SSSR count). The van der Waals surface area contributed by atoms with Gasteiger partial charge in [-0.3, -0.25) is 9.36 Å². The Hall–Kier alpha value is -4.58. The quantitative estimate of drug-likeness (QED) is 0.384. The van der Waals surface area contributed by atoms with Crippen LogP contribution < -0.4 is 10.3 Å². The monoisotopic (exact) mass is 478 g/mol. The molecule has 34 heavy (non-hydrogen) atoms. The van der Waals surface area contributed by atoms with E-state index in [1.807, 2.05) is 0 Å². The molecule has 3 aromatic heterocycles. The molecule has 0 aliphatic rings. The van der Waals surface area contributed by atoms with Crippen LogP contribution in [-0.4, -0.2) is 48.4 Å². The third-order valence-corrected chi connectivity index (χ3v) is 5.99. The average Bonchev–Trinajstić information content (AvgIpc) is 3.44. The molecule has 12 heteroatoms. The number of hydrogen-bond donors (Lipinski definition) is 2. The molecule has 11 nitrogen and oxygen atoms in total. The van der Waals surface area contributed by atoms with Crippen molar-refractivity contribution in [2.24, 2.45) is 0 Å². The van der Waals surface area contributed by atoms with E-state index in [-0.39, 0.29) is 28.4 Å². The molecule has 0 saturated heterocycles. The number of aromatic carboxylic acids is 2. The van der Waals surface area contributed by atoms with Crippen LogP contribution in [0.5, 0.6) is 5.75 Å². The minimum Gasteiger partial charge on any atom is -0.496 e. The first-order chi connectivity index (χ1) is 16.3. The van der Waals surface area contributed by atoms with Gasteiger partial charge in [0.15, 0.2) is 5.56 Å². The minimum atomic E-state index is -1.49. The summed E-state index contributed by atoms with van der Waals surface area (Å²) in [5.41, 5.74) is -0.431. The standard InChI is InChI=1S/C22H14N4O7S/c1-9-23-18(11-4-5-14(32-2)12-8-15(21(28)29)33-19(11)12)17(22(30)31)20(27)26(9)10-3-6-16-13(7-10)24-25-34-16/h3-8H,1-2H3,(H,28,29)(H,30,31). The highest BCUT2D eigenvalue weighted by molar-refractivity contribution is 7.12. The summed E-state index contributed by atoms with van der Waals surface area (Å²) < 4.78 is 16.6. The number of carboxylic acid groups (broad SMARTS) is 2. The molecule has 2 N–H and O–H groups in total. The van der Waals surface area contributed by atoms with Crippen molar-refractivity contribution in [3.05, 3.63) is 63.9 Å². The molecule has 0 aliphatic heterocycles. The summed E-state index contributed by atoms with van der Waals surface area (Å²) in [5, 5.41) is 23.6. The first-order valence-corrected chi connectivity index (χ1v) is 10.5. The predicted octanol–water partition coefficient (Wildman–Crippen LogP) is 3.36. The number of fused-ring (bicyclic) bond motifs is 2. The third kappa shape index (κ3) is 3.19. The summed E-state index contributed by atoms with van der Waals surface area (Å²) in [7, 11) is 1.41. The fourth-order valence-corrected chi connectivity index (χ4v) is 4.34. The second-order valence-electron chi connectivity index (χ2n) is 7.23. The van der Waals surface area contributed by atoms with Gasteiger partial charge in [0, 0.05) is 11.6 Å². The lowest BCUT2D eigenvalue weighted by atomic mass is 10.0. The molecular weight excluding hydrogens is 464 g/mol. The molecular formula is C22H14N4O7S. The van der Waals surface area contributed by atoms with Crippen LogP contribution >= 0.6 is 11.5 Å². The predicted molar refractivity (Wildman–Crippen MR) is 121 cm³/mol. The highest BCUT2D eigenvalue weighted by atomic mass is 32.1. The number of ether oxygens (including phenoxy) is 1. The van der Waals surface area contributed by atoms with Gasteiger partial charge in [-0.05, 0) is 48.8 Å². The molecule has 2 aromatic carbocycles. The Morgan fingerprint density at radius 1 is 1.12 bits per heavy atom. The minimum absolute atomic E-state index is 0.0401. The van der Waals surface area contributed by atoms with Gasteiger partial charge in [-0.2, -0.15) is 0 Å². The van der Waals surface area contributed by atoms with Crippen LogP contribution in [0.2, 0.25) is 0 Å². The summed E-state index contributed by atoms with van der Waals surface area (Å²) in [4.78, 5) is 41.6. The summed E-state index contributed by atoms with van der Waals surface area (Å²) in [6.45, 7) is 1.56. The smallest absolute Gasteiger partial charge is 0.371 e. The van der Waals surface area contributed by atoms with Gasteiger partial charge < -0.3 is 19.4 Å². The number of nitrogens with zero attached hydrogens (tertiary/aromatic N) is 4. The summed E-state index contributed by atoms with van der Waals surface area (Å²) in [6, 6.07) is 9.28. The zero-order valence-corrected chi connectivity index (χ0v) is 18.4. The maximum atomic E-state index is 13.4. The molecule has 0 aliphatic carbocycles. The highest BCUT2D eigenvalue weighted by Crippen LogP contribution is 2.37. The molecule has 0 unspecified atom stereocenters. The Labute approximate surface area is 193 Å². The number of benzene rings is 2. The van der Waals surface area contributed by atoms with Crippen molar-refractivity contribution in [1.29, 1.82) is 0 Å². The molecule has 0 radical (unpaired) electrons. The molecule has 0 amide bonds. The topological polar surface area (TPSA) is 158 Å². The van der Waals surface area contributed by atoms with E-state index in [0.717, 1.165) is 4.70 Å². The largest absolute Gasteiger partial charge is 0.496 e. The second kappa shape index (κ2) is 7.78. The van der Waals surface area contributed by atoms with Crippen molar-refractivity contribution in [1.82, 2.24) is 19.1 Å². The molecule has 0 bridgehead atoms. The van der Waals surface area contributed by atoms with E-state index in [4.69, 9.17) is 9.15 Å². The SMILES string of the molecule is COc1ccc(-c2nc(C)n(-c3ccc4snnc4c3)c(=O)c2C(=O)O)c2oc(C(=O)O)cc12. The third-order valence-electron chi connectivity index (χ3n) is 5.28. The lowest BCUT2D eigenvalue weighted by molar-refractivity contribution is 0.0661. The van der Waals surface area contributed by atoms with E-state index >= 15 is 0 Å². The summed E-state index contributed by atoms with van der Waals surface area (Å²) in [5.74, 6) is -2.64. The van der Waals surface area contributed by atoms with E-state index in [2.05, 4.69) is 14.6 Å². The van der Waals surface area contributed by atoms with E-state index in [1.165, 1.54) is 41.4 Å². The Kier molecular flexibility index (Phi) is 4.87. The van der Waals surface area contributed by atoms with Gasteiger partial charge in [-0.1, -0.05) is 4.49 Å². The van der Waals surface area contributed by atoms with E-state index in [0.29, 0.717) is 22.3 Å². The Bertz CT molecular complexity index is 1700. The normalized spacial score (nSPS) is 11.2. The van der Waals surface area contributed by atoms with Crippen LogP contribution in [0.15, 0.2) is 45.6 Å². The van der Waals surface area contributed by atoms with Crippen LogP contribution in [0.1, 0.15) is 26.7 Å². The highest BCUT2D eigenvalue weighted by Gasteiger charge is 2.26. The molecule has 170 valence electrons. The Morgan fingerprint density at radius 2 is 1.91 bits per heavy atom. The van der Waals surface area contributed by atoms with Gasteiger partial charge in [0.05, 0.1) is 28.6 Å². The second-order valence-corrected chi connectivity index (χ2v) is 8.01. The number of aryl methyl sites for hydroxylation is 1. The molecule has 5 aromatic rings. The molecule has 0 saturated carbocycles. The van der Waals surface area contributed by atoms with Crippen molar-refractivity contribution in [2.45, 2.75) is 6.92 Å². The summed E-state index contributed by atoms with van der Waals surface area (Å²) >= 11 is 1.19. The fraction of sp³-hybridized carbons (Fsp3) is 0.0909. The van der Waals surface area contributed by atoms with Crippen LogP contribution in [0.3, 0.4) is 0 Å². The van der Waals surface area contributed by atoms with Crippen LogP contribution in [0.25, 0.3) is 38.1 Å². The van der Waals surface area contributed by atoms with Crippen molar-refractivity contribution < 1.29 is 29.0 Å². The number of carbonyl (C=O) groups is 2. The molecule has 0 fully saturated rings. The molecule has 3 heterocycles. The molecule has 0 spiro atoms. The van der Waals surface area contributed by atoms with Crippen molar-refractivity contribution in [3.8, 4) is 22.7 Å². The zero-order chi connectivity index (χ0) is 24.1. The lowest BCUT2D eigenvalue weighted by Crippen LogP contribution is -2.29. The van der Waals surface area contributed by atoms with E-state index < -0.39 is 23.1 Å². The van der Waals surface area contributed by atoms with Crippen molar-refractivity contribution in [3.63, 3.8) is 0 Å². The lowest BCUT2D eigenvalue weighted by Gasteiger charge is -2.14. The van der Waals surface area contributed by atoms with E-state index in [1.54, 1.807) is 25.1 Å². The zero-order valence-electron chi connectivity index (χ0n) is 17.6. The number of rotatable bonds is 5. The average molecular weight is 478 g/mol. The van der Waals surface area contributed by atoms with Gasteiger partial charge in [0.2, 0.25) is 5.76 Å². The van der Waals surface area contributed by atoms with Crippen LogP contribution in [0, 0.1) is 6.92 Å². The number of aromatic nitrogens is 4. The van der Waals surface area contributed by atoms with Gasteiger partial charge in [-0.25, -0.2) is 14.6 Å². The van der Waals surface area contributed by atoms with Crippen molar-refractivity contribution >= 4 is 44.7 Å². The Morgan fingerprint density at radius 3 is 2.62 bits per heavy atom. The number of furan rings is 1. The number of methoxy groups -OCH3 is 1. The maximum absolute atomic E-state index is 13.4. The van der Waals surface area contributed by atoms with Gasteiger partial charge in [0.1, 0.15) is 22.7 Å². The number of hydrogen-bond acceptors (Lipinski definition) is 9. The van der Waals surface area contributed by atoms with Crippen LogP contribution in [0.4, 0.5) is 0 Å². The van der Waals surface area contributed by atoms with Gasteiger partial charge in [-0.15, -0.1) is 5.10 Å².